The standard InChI is InChI=1S/C19H19FN4OS/c1-23(12-14-6-4-3-5-7-14)17(25)13-26-19-22-21-18(24(19)2)15-8-10-16(20)11-9-15/h3-11H,12-13H2,1-2H3. The van der Waals surface area contributed by atoms with E-state index >= 15 is 0 Å². The first-order chi connectivity index (χ1) is 12.5. The van der Waals surface area contributed by atoms with Crippen LogP contribution in [-0.2, 0) is 18.4 Å². The Kier molecular flexibility index (Phi) is 5.68. The molecule has 0 aliphatic heterocycles. The monoisotopic (exact) mass is 370 g/mol. The maximum atomic E-state index is 13.1. The fourth-order valence-electron chi connectivity index (χ4n) is 2.47. The van der Waals surface area contributed by atoms with Crippen molar-refractivity contribution in [2.75, 3.05) is 12.8 Å². The number of halogens is 1. The van der Waals surface area contributed by atoms with E-state index in [0.717, 1.165) is 11.1 Å². The van der Waals surface area contributed by atoms with Gasteiger partial charge in [-0.2, -0.15) is 0 Å². The highest BCUT2D eigenvalue weighted by Crippen LogP contribution is 2.23. The van der Waals surface area contributed by atoms with Crippen LogP contribution in [0, 0.1) is 5.82 Å². The molecule has 26 heavy (non-hydrogen) atoms. The second kappa shape index (κ2) is 8.14. The molecule has 0 radical (unpaired) electrons. The number of hydrogen-bond acceptors (Lipinski definition) is 4. The first-order valence-corrected chi connectivity index (χ1v) is 9.09. The van der Waals surface area contributed by atoms with Crippen LogP contribution in [0.1, 0.15) is 5.56 Å². The Morgan fingerprint density at radius 3 is 2.50 bits per heavy atom. The third-order valence-electron chi connectivity index (χ3n) is 3.95. The van der Waals surface area contributed by atoms with Gasteiger partial charge in [0.1, 0.15) is 5.82 Å². The zero-order valence-corrected chi connectivity index (χ0v) is 15.4. The Balaban J connectivity index is 1.61. The van der Waals surface area contributed by atoms with Gasteiger partial charge >= 0.3 is 0 Å². The average molecular weight is 370 g/mol. The molecule has 0 unspecified atom stereocenters. The van der Waals surface area contributed by atoms with Gasteiger partial charge in [0.25, 0.3) is 0 Å². The highest BCUT2D eigenvalue weighted by atomic mass is 32.2. The van der Waals surface area contributed by atoms with Crippen LogP contribution in [-0.4, -0.2) is 38.4 Å². The van der Waals surface area contributed by atoms with E-state index < -0.39 is 0 Å². The molecule has 2 aromatic carbocycles. The van der Waals surface area contributed by atoms with Crippen LogP contribution in [0.2, 0.25) is 0 Å². The molecular weight excluding hydrogens is 351 g/mol. The van der Waals surface area contributed by atoms with Crippen molar-refractivity contribution in [1.29, 1.82) is 0 Å². The summed E-state index contributed by atoms with van der Waals surface area (Å²) in [7, 11) is 3.62. The predicted molar refractivity (Wildman–Crippen MR) is 100 cm³/mol. The second-order valence-electron chi connectivity index (χ2n) is 5.90. The highest BCUT2D eigenvalue weighted by molar-refractivity contribution is 7.99. The Morgan fingerprint density at radius 2 is 1.81 bits per heavy atom. The van der Waals surface area contributed by atoms with Crippen molar-refractivity contribution >= 4 is 17.7 Å². The second-order valence-corrected chi connectivity index (χ2v) is 6.84. The van der Waals surface area contributed by atoms with Gasteiger partial charge in [0, 0.05) is 26.2 Å². The van der Waals surface area contributed by atoms with Crippen molar-refractivity contribution < 1.29 is 9.18 Å². The van der Waals surface area contributed by atoms with E-state index in [1.54, 1.807) is 24.1 Å². The summed E-state index contributed by atoms with van der Waals surface area (Å²) in [6.07, 6.45) is 0. The van der Waals surface area contributed by atoms with Gasteiger partial charge in [-0.3, -0.25) is 4.79 Å². The van der Waals surface area contributed by atoms with Crippen molar-refractivity contribution in [2.45, 2.75) is 11.7 Å². The Morgan fingerprint density at radius 1 is 1.12 bits per heavy atom. The number of aromatic nitrogens is 3. The molecule has 134 valence electrons. The maximum absolute atomic E-state index is 13.1. The van der Waals surface area contributed by atoms with Gasteiger partial charge in [-0.05, 0) is 29.8 Å². The Labute approximate surface area is 155 Å². The number of carbonyl (C=O) groups excluding carboxylic acids is 1. The molecule has 1 amide bonds. The van der Waals surface area contributed by atoms with Gasteiger partial charge in [-0.1, -0.05) is 42.1 Å². The van der Waals surface area contributed by atoms with Crippen molar-refractivity contribution in [3.8, 4) is 11.4 Å². The van der Waals surface area contributed by atoms with Crippen LogP contribution in [0.25, 0.3) is 11.4 Å². The van der Waals surface area contributed by atoms with E-state index in [1.807, 2.05) is 41.9 Å². The van der Waals surface area contributed by atoms with E-state index in [9.17, 15) is 9.18 Å². The van der Waals surface area contributed by atoms with Crippen molar-refractivity contribution in [1.82, 2.24) is 19.7 Å². The summed E-state index contributed by atoms with van der Waals surface area (Å²) >= 11 is 1.34. The molecule has 0 fully saturated rings. The number of benzene rings is 2. The summed E-state index contributed by atoms with van der Waals surface area (Å²) in [5, 5.41) is 8.94. The molecule has 0 saturated carbocycles. The van der Waals surface area contributed by atoms with Crippen LogP contribution < -0.4 is 0 Å². The summed E-state index contributed by atoms with van der Waals surface area (Å²) in [5.74, 6) is 0.638. The predicted octanol–water partition coefficient (Wildman–Crippen LogP) is 3.37. The minimum absolute atomic E-state index is 0.0187. The third-order valence-corrected chi connectivity index (χ3v) is 4.96. The third kappa shape index (κ3) is 4.29. The minimum atomic E-state index is -0.294. The highest BCUT2D eigenvalue weighted by Gasteiger charge is 2.15. The molecule has 7 heteroatoms. The number of thioether (sulfide) groups is 1. The minimum Gasteiger partial charge on any atom is -0.341 e. The Bertz CT molecular complexity index is 880. The molecule has 0 atom stereocenters. The molecule has 3 aromatic rings. The molecule has 0 aliphatic carbocycles. The van der Waals surface area contributed by atoms with Gasteiger partial charge < -0.3 is 9.47 Å². The van der Waals surface area contributed by atoms with Crippen molar-refractivity contribution in [2.24, 2.45) is 7.05 Å². The van der Waals surface area contributed by atoms with Crippen molar-refractivity contribution in [3.63, 3.8) is 0 Å². The van der Waals surface area contributed by atoms with E-state index in [1.165, 1.54) is 23.9 Å². The van der Waals surface area contributed by atoms with E-state index in [-0.39, 0.29) is 17.5 Å². The van der Waals surface area contributed by atoms with Gasteiger partial charge in [-0.25, -0.2) is 4.39 Å². The molecule has 3 rings (SSSR count). The molecule has 1 aromatic heterocycles. The average Bonchev–Trinajstić information content (AvgIpc) is 3.02. The number of nitrogens with zero attached hydrogens (tertiary/aromatic N) is 4. The summed E-state index contributed by atoms with van der Waals surface area (Å²) in [6, 6.07) is 16.0. The number of rotatable bonds is 6. The summed E-state index contributed by atoms with van der Waals surface area (Å²) < 4.78 is 14.9. The summed E-state index contributed by atoms with van der Waals surface area (Å²) in [5.41, 5.74) is 1.87. The van der Waals surface area contributed by atoms with Crippen LogP contribution in [0.5, 0.6) is 0 Å². The Hall–Kier alpha value is -2.67. The normalized spacial score (nSPS) is 10.7. The van der Waals surface area contributed by atoms with Crippen LogP contribution in [0.15, 0.2) is 59.8 Å². The van der Waals surface area contributed by atoms with E-state index in [4.69, 9.17) is 0 Å². The van der Waals surface area contributed by atoms with Crippen molar-refractivity contribution in [3.05, 3.63) is 66.0 Å². The smallest absolute Gasteiger partial charge is 0.233 e. The molecule has 0 aliphatic rings. The van der Waals surface area contributed by atoms with Crippen LogP contribution >= 0.6 is 11.8 Å². The summed E-state index contributed by atoms with van der Waals surface area (Å²) in [6.45, 7) is 0.569. The van der Waals surface area contributed by atoms with E-state index in [2.05, 4.69) is 10.2 Å². The lowest BCUT2D eigenvalue weighted by molar-refractivity contribution is -0.127. The number of amides is 1. The molecular formula is C19H19FN4OS. The summed E-state index contributed by atoms with van der Waals surface area (Å²) in [4.78, 5) is 14.0. The van der Waals surface area contributed by atoms with Gasteiger partial charge in [0.15, 0.2) is 11.0 Å². The lowest BCUT2D eigenvalue weighted by atomic mass is 10.2. The number of hydrogen-bond donors (Lipinski definition) is 0. The first kappa shape index (κ1) is 18.1. The SMILES string of the molecule is CN(Cc1ccccc1)C(=O)CSc1nnc(-c2ccc(F)cc2)n1C. The zero-order chi connectivity index (χ0) is 18.5. The quantitative estimate of drug-likeness (QED) is 0.624. The fraction of sp³-hybridized carbons (Fsp3) is 0.211. The molecule has 0 bridgehead atoms. The molecule has 1 heterocycles. The van der Waals surface area contributed by atoms with Crippen LogP contribution in [0.3, 0.4) is 0 Å². The zero-order valence-electron chi connectivity index (χ0n) is 14.6. The lowest BCUT2D eigenvalue weighted by Gasteiger charge is -2.16. The fourth-order valence-corrected chi connectivity index (χ4v) is 3.32. The largest absolute Gasteiger partial charge is 0.341 e. The molecule has 5 nitrogen and oxygen atoms in total. The van der Waals surface area contributed by atoms with Gasteiger partial charge in [-0.15, -0.1) is 10.2 Å². The van der Waals surface area contributed by atoms with E-state index in [0.29, 0.717) is 17.5 Å². The number of carbonyl (C=O) groups is 1. The van der Waals surface area contributed by atoms with Gasteiger partial charge in [0.05, 0.1) is 5.75 Å². The first-order valence-electron chi connectivity index (χ1n) is 8.10. The molecule has 0 saturated heterocycles. The van der Waals surface area contributed by atoms with Crippen LogP contribution in [0.4, 0.5) is 4.39 Å². The van der Waals surface area contributed by atoms with Gasteiger partial charge in [0.2, 0.25) is 5.91 Å². The maximum Gasteiger partial charge on any atom is 0.233 e. The topological polar surface area (TPSA) is 51.0 Å². The molecule has 0 spiro atoms. The lowest BCUT2D eigenvalue weighted by Crippen LogP contribution is -2.27. The molecule has 0 N–H and O–H groups in total.